The first-order valence-corrected chi connectivity index (χ1v) is 7.30. The maximum atomic E-state index is 10.6. The largest absolute Gasteiger partial charge is 0.382 e. The van der Waals surface area contributed by atoms with Crippen molar-refractivity contribution in [1.29, 1.82) is 0 Å². The van der Waals surface area contributed by atoms with Gasteiger partial charge >= 0.3 is 0 Å². The van der Waals surface area contributed by atoms with Crippen LogP contribution in [0.25, 0.3) is 0 Å². The molecule has 0 bridgehead atoms. The third kappa shape index (κ3) is 2.90. The van der Waals surface area contributed by atoms with Crippen LogP contribution in [-0.4, -0.2) is 14.9 Å². The van der Waals surface area contributed by atoms with E-state index in [0.717, 1.165) is 39.8 Å². The predicted molar refractivity (Wildman–Crippen MR) is 80.2 cm³/mol. The summed E-state index contributed by atoms with van der Waals surface area (Å²) < 4.78 is 2.97. The number of rotatable bonds is 4. The molecule has 0 aliphatic heterocycles. The Bertz CT molecular complexity index is 554. The first kappa shape index (κ1) is 14.3. The summed E-state index contributed by atoms with van der Waals surface area (Å²) >= 11 is 3.55. The van der Waals surface area contributed by atoms with Crippen LogP contribution in [-0.2, 0) is 6.54 Å². The van der Waals surface area contributed by atoms with Gasteiger partial charge in [0.2, 0.25) is 0 Å². The number of hydrogen-bond donors (Lipinski definition) is 1. The smallest absolute Gasteiger partial charge is 0.121 e. The van der Waals surface area contributed by atoms with Crippen molar-refractivity contribution in [2.24, 2.45) is 0 Å². The Kier molecular flexibility index (Phi) is 4.42. The molecule has 1 heterocycles. The van der Waals surface area contributed by atoms with E-state index in [-0.39, 0.29) is 0 Å². The molecule has 4 heteroatoms. The van der Waals surface area contributed by atoms with E-state index < -0.39 is 6.10 Å². The van der Waals surface area contributed by atoms with Crippen molar-refractivity contribution in [2.45, 2.75) is 39.8 Å². The fourth-order valence-corrected chi connectivity index (χ4v) is 2.51. The van der Waals surface area contributed by atoms with Gasteiger partial charge in [-0.05, 0) is 43.0 Å². The van der Waals surface area contributed by atoms with Crippen LogP contribution in [0.2, 0.25) is 0 Å². The molecule has 1 atom stereocenters. The van der Waals surface area contributed by atoms with Gasteiger partial charge in [-0.25, -0.2) is 0 Å². The normalized spacial score (nSPS) is 12.7. The highest BCUT2D eigenvalue weighted by Crippen LogP contribution is 2.28. The van der Waals surface area contributed by atoms with Crippen molar-refractivity contribution in [3.05, 3.63) is 51.3 Å². The quantitative estimate of drug-likeness (QED) is 0.930. The van der Waals surface area contributed by atoms with Crippen molar-refractivity contribution >= 4 is 15.9 Å². The van der Waals surface area contributed by atoms with Gasteiger partial charge in [-0.3, -0.25) is 4.68 Å². The second-order valence-corrected chi connectivity index (χ2v) is 5.64. The number of aliphatic hydroxyl groups excluding tert-OH is 1. The van der Waals surface area contributed by atoms with Gasteiger partial charge in [0.1, 0.15) is 6.10 Å². The predicted octanol–water partition coefficient (Wildman–Crippen LogP) is 3.75. The molecule has 0 aliphatic carbocycles. The molecule has 102 valence electrons. The fraction of sp³-hybridized carbons (Fsp3) is 0.400. The van der Waals surface area contributed by atoms with Crippen LogP contribution in [0.5, 0.6) is 0 Å². The molecule has 0 saturated carbocycles. The Labute approximate surface area is 122 Å². The molecule has 1 aromatic carbocycles. The number of aliphatic hydroxyl groups is 1. The summed E-state index contributed by atoms with van der Waals surface area (Å²) in [6.07, 6.45) is 2.12. The third-order valence-corrected chi connectivity index (χ3v) is 4.49. The minimum Gasteiger partial charge on any atom is -0.382 e. The molecule has 1 aromatic heterocycles. The van der Waals surface area contributed by atoms with Gasteiger partial charge in [0.25, 0.3) is 0 Å². The van der Waals surface area contributed by atoms with Gasteiger partial charge < -0.3 is 5.11 Å². The number of nitrogens with zero attached hydrogens (tertiary/aromatic N) is 2. The molecule has 0 radical (unpaired) electrons. The summed E-state index contributed by atoms with van der Waals surface area (Å²) in [7, 11) is 0. The molecule has 2 rings (SSSR count). The highest BCUT2D eigenvalue weighted by Gasteiger charge is 2.16. The highest BCUT2D eigenvalue weighted by molar-refractivity contribution is 9.10. The zero-order valence-corrected chi connectivity index (χ0v) is 13.1. The van der Waals surface area contributed by atoms with E-state index in [2.05, 4.69) is 28.0 Å². The molecule has 0 aliphatic rings. The maximum absolute atomic E-state index is 10.6. The van der Waals surface area contributed by atoms with Crippen LogP contribution in [0.3, 0.4) is 0 Å². The summed E-state index contributed by atoms with van der Waals surface area (Å²) in [6, 6.07) is 5.92. The lowest BCUT2D eigenvalue weighted by atomic mass is 10.0. The Hall–Kier alpha value is -1.13. The maximum Gasteiger partial charge on any atom is 0.121 e. The topological polar surface area (TPSA) is 38.0 Å². The Morgan fingerprint density at radius 3 is 2.53 bits per heavy atom. The van der Waals surface area contributed by atoms with E-state index in [0.29, 0.717) is 0 Å². The molecule has 0 saturated heterocycles. The minimum absolute atomic E-state index is 0.625. The van der Waals surface area contributed by atoms with Crippen molar-refractivity contribution in [2.75, 3.05) is 0 Å². The lowest BCUT2D eigenvalue weighted by Crippen LogP contribution is -2.10. The second-order valence-electron chi connectivity index (χ2n) is 4.85. The molecule has 19 heavy (non-hydrogen) atoms. The molecule has 0 amide bonds. The first-order valence-electron chi connectivity index (χ1n) is 6.51. The number of hydrogen-bond acceptors (Lipinski definition) is 2. The minimum atomic E-state index is -0.625. The summed E-state index contributed by atoms with van der Waals surface area (Å²) in [5, 5.41) is 14.8. The monoisotopic (exact) mass is 322 g/mol. The van der Waals surface area contributed by atoms with Gasteiger partial charge in [-0.2, -0.15) is 5.10 Å². The fourth-order valence-electron chi connectivity index (χ4n) is 2.28. The molecule has 0 spiro atoms. The molecular weight excluding hydrogens is 304 g/mol. The van der Waals surface area contributed by atoms with Crippen LogP contribution >= 0.6 is 15.9 Å². The van der Waals surface area contributed by atoms with Gasteiger partial charge in [0, 0.05) is 17.2 Å². The highest BCUT2D eigenvalue weighted by atomic mass is 79.9. The molecular formula is C15H19BrN2O. The third-order valence-electron chi connectivity index (χ3n) is 3.24. The van der Waals surface area contributed by atoms with Gasteiger partial charge in [-0.1, -0.05) is 35.0 Å². The lowest BCUT2D eigenvalue weighted by Gasteiger charge is -2.15. The summed E-state index contributed by atoms with van der Waals surface area (Å²) in [5.41, 5.74) is 4.03. The summed E-state index contributed by atoms with van der Waals surface area (Å²) in [6.45, 7) is 7.01. The lowest BCUT2D eigenvalue weighted by molar-refractivity contribution is 0.207. The van der Waals surface area contributed by atoms with Crippen LogP contribution in [0.15, 0.2) is 28.9 Å². The van der Waals surface area contributed by atoms with E-state index in [1.165, 1.54) is 0 Å². The molecule has 2 aromatic rings. The van der Waals surface area contributed by atoms with Crippen LogP contribution in [0, 0.1) is 13.8 Å². The van der Waals surface area contributed by atoms with E-state index in [4.69, 9.17) is 0 Å². The number of benzene rings is 1. The van der Waals surface area contributed by atoms with E-state index >= 15 is 0 Å². The Morgan fingerprint density at radius 2 is 1.95 bits per heavy atom. The Balaban J connectivity index is 2.38. The second kappa shape index (κ2) is 5.88. The Morgan fingerprint density at radius 1 is 1.32 bits per heavy atom. The van der Waals surface area contributed by atoms with Crippen LogP contribution < -0.4 is 0 Å². The zero-order chi connectivity index (χ0) is 14.0. The molecule has 0 fully saturated rings. The first-order chi connectivity index (χ1) is 9.04. The molecule has 3 nitrogen and oxygen atoms in total. The van der Waals surface area contributed by atoms with E-state index in [9.17, 15) is 5.11 Å². The van der Waals surface area contributed by atoms with Crippen molar-refractivity contribution < 1.29 is 5.11 Å². The SMILES string of the molecule is CCCn1nccc1C(O)c1cc(C)c(Br)c(C)c1. The number of aromatic nitrogens is 2. The number of aryl methyl sites for hydroxylation is 3. The van der Waals surface area contributed by atoms with Crippen LogP contribution in [0.1, 0.15) is 41.8 Å². The zero-order valence-electron chi connectivity index (χ0n) is 11.5. The van der Waals surface area contributed by atoms with E-state index in [1.807, 2.05) is 36.7 Å². The summed E-state index contributed by atoms with van der Waals surface area (Å²) in [4.78, 5) is 0. The summed E-state index contributed by atoms with van der Waals surface area (Å²) in [5.74, 6) is 0. The van der Waals surface area contributed by atoms with Crippen molar-refractivity contribution in [1.82, 2.24) is 9.78 Å². The van der Waals surface area contributed by atoms with Gasteiger partial charge in [0.05, 0.1) is 5.69 Å². The van der Waals surface area contributed by atoms with E-state index in [1.54, 1.807) is 6.20 Å². The van der Waals surface area contributed by atoms with Gasteiger partial charge in [0.15, 0.2) is 0 Å². The average molecular weight is 323 g/mol. The van der Waals surface area contributed by atoms with Crippen LogP contribution in [0.4, 0.5) is 0 Å². The molecule has 1 N–H and O–H groups in total. The van der Waals surface area contributed by atoms with Crippen molar-refractivity contribution in [3.63, 3.8) is 0 Å². The van der Waals surface area contributed by atoms with Gasteiger partial charge in [-0.15, -0.1) is 0 Å². The standard InChI is InChI=1S/C15H19BrN2O/c1-4-7-18-13(5-6-17-18)15(19)12-8-10(2)14(16)11(3)9-12/h5-6,8-9,15,19H,4,7H2,1-3H3. The number of halogens is 1. The molecule has 1 unspecified atom stereocenters. The van der Waals surface area contributed by atoms with Crippen molar-refractivity contribution in [3.8, 4) is 0 Å². The average Bonchev–Trinajstić information content (AvgIpc) is 2.83.